The Morgan fingerprint density at radius 1 is 1.29 bits per heavy atom. The molecule has 0 fully saturated rings. The van der Waals surface area contributed by atoms with E-state index < -0.39 is 9.04 Å². The van der Waals surface area contributed by atoms with Gasteiger partial charge in [-0.3, -0.25) is 5.41 Å². The third-order valence-corrected chi connectivity index (χ3v) is 4.91. The average molecular weight is 246 g/mol. The van der Waals surface area contributed by atoms with Gasteiger partial charge in [0.1, 0.15) is 11.6 Å². The molecule has 2 rings (SSSR count). The maximum Gasteiger partial charge on any atom is 0.280 e. The van der Waals surface area contributed by atoms with Crippen molar-refractivity contribution in [2.75, 3.05) is 0 Å². The number of amidine groups is 2. The second kappa shape index (κ2) is 4.71. The van der Waals surface area contributed by atoms with Gasteiger partial charge >= 0.3 is 0 Å². The van der Waals surface area contributed by atoms with Gasteiger partial charge in [0.15, 0.2) is 5.84 Å². The number of nitrogens with zero attached hydrogens (tertiary/aromatic N) is 1. The molecule has 0 aliphatic carbocycles. The summed E-state index contributed by atoms with van der Waals surface area (Å²) in [5, 5.41) is 7.72. The van der Waals surface area contributed by atoms with Crippen LogP contribution in [0.3, 0.4) is 0 Å². The fourth-order valence-corrected chi connectivity index (χ4v) is 3.06. The van der Waals surface area contributed by atoms with Gasteiger partial charge in [-0.25, -0.2) is 4.99 Å². The smallest absolute Gasteiger partial charge is 0.280 e. The van der Waals surface area contributed by atoms with E-state index in [2.05, 4.69) is 18.8 Å². The fourth-order valence-electron chi connectivity index (χ4n) is 1.81. The summed E-state index contributed by atoms with van der Waals surface area (Å²) in [5.41, 5.74) is 7.32. The van der Waals surface area contributed by atoms with Crippen LogP contribution in [0.25, 0.3) is 0 Å². The molecule has 0 atom stereocenters. The Hall–Kier alpha value is -1.62. The fraction of sp³-hybridized carbons (Fsp3) is 0.333. The second-order valence-corrected chi connectivity index (χ2v) is 6.60. The van der Waals surface area contributed by atoms with Gasteiger partial charge in [-0.2, -0.15) is 0 Å². The van der Waals surface area contributed by atoms with Gasteiger partial charge in [0.05, 0.1) is 0 Å². The molecular formula is C12H16N3OSi. The molecule has 4 nitrogen and oxygen atoms in total. The second-order valence-electron chi connectivity index (χ2n) is 3.90. The molecule has 3 N–H and O–H groups in total. The Balaban J connectivity index is 2.24. The highest BCUT2D eigenvalue weighted by Gasteiger charge is 2.19. The van der Waals surface area contributed by atoms with Crippen molar-refractivity contribution in [1.29, 1.82) is 5.41 Å². The number of hydrogen-bond acceptors (Lipinski definition) is 3. The minimum absolute atomic E-state index is 0.227. The quantitative estimate of drug-likeness (QED) is 0.799. The molecule has 0 bridgehead atoms. The maximum absolute atomic E-state index is 7.72. The van der Waals surface area contributed by atoms with Crippen molar-refractivity contribution in [1.82, 2.24) is 0 Å². The Morgan fingerprint density at radius 3 is 2.65 bits per heavy atom. The molecule has 0 unspecified atom stereocenters. The van der Waals surface area contributed by atoms with Crippen molar-refractivity contribution < 1.29 is 4.43 Å². The van der Waals surface area contributed by atoms with Crippen LogP contribution in [0.4, 0.5) is 0 Å². The number of aliphatic imine (C=N–C) groups is 1. The summed E-state index contributed by atoms with van der Waals surface area (Å²) in [6.45, 7) is 4.29. The van der Waals surface area contributed by atoms with E-state index in [-0.39, 0.29) is 5.84 Å². The molecule has 0 aromatic heterocycles. The zero-order valence-corrected chi connectivity index (χ0v) is 11.1. The summed E-state index contributed by atoms with van der Waals surface area (Å²) in [7, 11) is -0.762. The van der Waals surface area contributed by atoms with Crippen LogP contribution in [0.5, 0.6) is 5.75 Å². The minimum Gasteiger partial charge on any atom is -0.542 e. The first-order valence-corrected chi connectivity index (χ1v) is 7.58. The molecule has 1 aromatic rings. The average Bonchev–Trinajstić information content (AvgIpc) is 2.62. The van der Waals surface area contributed by atoms with Crippen molar-refractivity contribution in [3.05, 3.63) is 29.3 Å². The van der Waals surface area contributed by atoms with E-state index in [9.17, 15) is 0 Å². The first-order valence-electron chi connectivity index (χ1n) is 5.75. The number of nitrogens with one attached hydrogen (secondary N) is 1. The van der Waals surface area contributed by atoms with Gasteiger partial charge in [-0.15, -0.1) is 0 Å². The molecule has 5 heteroatoms. The molecule has 1 aliphatic heterocycles. The van der Waals surface area contributed by atoms with E-state index in [1.807, 2.05) is 18.2 Å². The molecule has 0 spiro atoms. The molecule has 1 heterocycles. The standard InChI is InChI=1S/C12H16N3OSi/c1-3-17(4-2)16-8-5-6-9-10(7-8)12(14)15-11(9)13/h5-7H,3-4H2,1-2H3,(H3,13,14,15). The third kappa shape index (κ3) is 2.24. The topological polar surface area (TPSA) is 71.5 Å². The van der Waals surface area contributed by atoms with E-state index in [1.165, 1.54) is 0 Å². The molecule has 1 aromatic carbocycles. The van der Waals surface area contributed by atoms with Crippen molar-refractivity contribution in [2.24, 2.45) is 10.7 Å². The molecule has 0 saturated heterocycles. The Morgan fingerprint density at radius 2 is 2.00 bits per heavy atom. The Labute approximate surface area is 103 Å². The predicted molar refractivity (Wildman–Crippen MR) is 71.3 cm³/mol. The lowest BCUT2D eigenvalue weighted by Gasteiger charge is -2.14. The highest BCUT2D eigenvalue weighted by Crippen LogP contribution is 2.23. The van der Waals surface area contributed by atoms with E-state index in [4.69, 9.17) is 15.6 Å². The number of benzene rings is 1. The lowest BCUT2D eigenvalue weighted by atomic mass is 10.1. The van der Waals surface area contributed by atoms with Crippen LogP contribution >= 0.6 is 0 Å². The monoisotopic (exact) mass is 246 g/mol. The number of nitrogens with two attached hydrogens (primary N) is 1. The van der Waals surface area contributed by atoms with Gasteiger partial charge in [-0.1, -0.05) is 13.8 Å². The highest BCUT2D eigenvalue weighted by atomic mass is 28.3. The Bertz CT molecular complexity index is 481. The van der Waals surface area contributed by atoms with Crippen LogP contribution in [0.15, 0.2) is 23.2 Å². The summed E-state index contributed by atoms with van der Waals surface area (Å²) in [4.78, 5) is 3.95. The summed E-state index contributed by atoms with van der Waals surface area (Å²) in [6, 6.07) is 7.82. The van der Waals surface area contributed by atoms with Gasteiger partial charge in [0.2, 0.25) is 0 Å². The predicted octanol–water partition coefficient (Wildman–Crippen LogP) is 2.14. The normalized spacial score (nSPS) is 13.8. The number of fused-ring (bicyclic) bond motifs is 1. The van der Waals surface area contributed by atoms with Gasteiger partial charge in [0, 0.05) is 11.1 Å². The molecule has 1 radical (unpaired) electrons. The van der Waals surface area contributed by atoms with E-state index in [0.717, 1.165) is 29.0 Å². The summed E-state index contributed by atoms with van der Waals surface area (Å²) >= 11 is 0. The van der Waals surface area contributed by atoms with Gasteiger partial charge in [0.25, 0.3) is 9.04 Å². The molecular weight excluding hydrogens is 230 g/mol. The van der Waals surface area contributed by atoms with Crippen molar-refractivity contribution in [3.63, 3.8) is 0 Å². The number of hydrogen-bond donors (Lipinski definition) is 2. The SMILES string of the molecule is CC[Si](CC)Oc1ccc2c(c1)C(=N)N=C2N. The molecule has 89 valence electrons. The van der Waals surface area contributed by atoms with E-state index >= 15 is 0 Å². The Kier molecular flexibility index (Phi) is 3.28. The maximum atomic E-state index is 7.72. The van der Waals surface area contributed by atoms with Crippen LogP contribution in [-0.4, -0.2) is 20.7 Å². The molecule has 0 saturated carbocycles. The van der Waals surface area contributed by atoms with Crippen LogP contribution in [0, 0.1) is 5.41 Å². The van der Waals surface area contributed by atoms with Crippen LogP contribution in [0.2, 0.25) is 12.1 Å². The highest BCUT2D eigenvalue weighted by molar-refractivity contribution is 6.52. The molecule has 0 amide bonds. The third-order valence-electron chi connectivity index (χ3n) is 2.81. The largest absolute Gasteiger partial charge is 0.542 e. The van der Waals surface area contributed by atoms with Crippen LogP contribution < -0.4 is 10.2 Å². The summed E-state index contributed by atoms with van der Waals surface area (Å²) < 4.78 is 5.94. The zero-order chi connectivity index (χ0) is 12.4. The summed E-state index contributed by atoms with van der Waals surface area (Å²) in [6.07, 6.45) is 0. The lowest BCUT2D eigenvalue weighted by Crippen LogP contribution is -2.19. The van der Waals surface area contributed by atoms with Crippen molar-refractivity contribution in [3.8, 4) is 5.75 Å². The summed E-state index contributed by atoms with van der Waals surface area (Å²) in [5.74, 6) is 1.48. The lowest BCUT2D eigenvalue weighted by molar-refractivity contribution is 0.566. The van der Waals surface area contributed by atoms with Crippen molar-refractivity contribution >= 4 is 20.7 Å². The number of rotatable bonds is 4. The molecule has 1 aliphatic rings. The molecule has 17 heavy (non-hydrogen) atoms. The first-order chi connectivity index (χ1) is 8.15. The van der Waals surface area contributed by atoms with E-state index in [1.54, 1.807) is 0 Å². The van der Waals surface area contributed by atoms with Crippen molar-refractivity contribution in [2.45, 2.75) is 25.9 Å². The first kappa shape index (κ1) is 11.9. The minimum atomic E-state index is -0.762. The van der Waals surface area contributed by atoms with E-state index in [0.29, 0.717) is 5.84 Å². The zero-order valence-electron chi connectivity index (χ0n) is 10.1. The van der Waals surface area contributed by atoms with Crippen LogP contribution in [0.1, 0.15) is 25.0 Å². The van der Waals surface area contributed by atoms with Gasteiger partial charge < -0.3 is 10.2 Å². The van der Waals surface area contributed by atoms with Gasteiger partial charge in [-0.05, 0) is 30.3 Å². The van der Waals surface area contributed by atoms with Crippen LogP contribution in [-0.2, 0) is 0 Å².